The second-order valence-electron chi connectivity index (χ2n) is 6.82. The molecule has 0 aliphatic rings. The number of halogens is 3. The second-order valence-corrected chi connectivity index (χ2v) is 6.82. The zero-order chi connectivity index (χ0) is 20.8. The van der Waals surface area contributed by atoms with E-state index >= 15 is 0 Å². The summed E-state index contributed by atoms with van der Waals surface area (Å²) in [5.41, 5.74) is 0.986. The zero-order valence-electron chi connectivity index (χ0n) is 16.1. The first kappa shape index (κ1) is 19.0. The molecule has 4 aromatic rings. The van der Waals surface area contributed by atoms with Crippen molar-refractivity contribution in [2.45, 2.75) is 26.1 Å². The molecule has 5 nitrogen and oxygen atoms in total. The highest BCUT2D eigenvalue weighted by molar-refractivity contribution is 5.92. The van der Waals surface area contributed by atoms with Crippen LogP contribution < -0.4 is 10.1 Å². The number of alkyl halides is 3. The number of nitrogens with one attached hydrogen (secondary N) is 1. The average molecular weight is 400 g/mol. The highest BCUT2D eigenvalue weighted by Crippen LogP contribution is 2.36. The number of benzene rings is 2. The molecule has 1 unspecified atom stereocenters. The van der Waals surface area contributed by atoms with Crippen LogP contribution in [-0.4, -0.2) is 21.5 Å². The summed E-state index contributed by atoms with van der Waals surface area (Å²) in [4.78, 5) is 8.82. The van der Waals surface area contributed by atoms with Crippen LogP contribution in [0.3, 0.4) is 0 Å². The quantitative estimate of drug-likeness (QED) is 0.499. The minimum Gasteiger partial charge on any atom is -0.497 e. The van der Waals surface area contributed by atoms with E-state index in [2.05, 4.69) is 15.3 Å². The van der Waals surface area contributed by atoms with Crippen LogP contribution in [0, 0.1) is 6.92 Å². The summed E-state index contributed by atoms with van der Waals surface area (Å²) in [6.07, 6.45) is -0.940. The summed E-state index contributed by atoms with van der Waals surface area (Å²) in [6.45, 7) is 3.30. The maximum absolute atomic E-state index is 13.3. The van der Waals surface area contributed by atoms with Crippen LogP contribution in [0.1, 0.15) is 29.7 Å². The number of hydrogen-bond acceptors (Lipinski definition) is 4. The summed E-state index contributed by atoms with van der Waals surface area (Å²) in [5, 5.41) is 4.05. The fourth-order valence-corrected chi connectivity index (χ4v) is 3.59. The van der Waals surface area contributed by atoms with Crippen molar-refractivity contribution in [2.24, 2.45) is 0 Å². The molecule has 2 aromatic carbocycles. The minimum absolute atomic E-state index is 0.198. The van der Waals surface area contributed by atoms with Crippen molar-refractivity contribution in [3.63, 3.8) is 0 Å². The second kappa shape index (κ2) is 6.95. The van der Waals surface area contributed by atoms with E-state index in [-0.39, 0.29) is 5.56 Å². The average Bonchev–Trinajstić information content (AvgIpc) is 3.15. The van der Waals surface area contributed by atoms with E-state index in [0.717, 1.165) is 17.0 Å². The first-order valence-corrected chi connectivity index (χ1v) is 9.03. The predicted octanol–water partition coefficient (Wildman–Crippen LogP) is 5.39. The maximum atomic E-state index is 13.3. The van der Waals surface area contributed by atoms with Crippen LogP contribution in [0.25, 0.3) is 16.7 Å². The first-order valence-electron chi connectivity index (χ1n) is 9.03. The number of fused-ring (bicyclic) bond motifs is 3. The van der Waals surface area contributed by atoms with Gasteiger partial charge in [0.2, 0.25) is 5.78 Å². The van der Waals surface area contributed by atoms with Gasteiger partial charge >= 0.3 is 6.18 Å². The minimum atomic E-state index is -4.40. The van der Waals surface area contributed by atoms with Gasteiger partial charge in [-0.15, -0.1) is 0 Å². The number of anilines is 1. The van der Waals surface area contributed by atoms with E-state index in [1.165, 1.54) is 13.0 Å². The third-order valence-electron chi connectivity index (χ3n) is 5.05. The lowest BCUT2D eigenvalue weighted by atomic mass is 9.97. The Morgan fingerprint density at radius 1 is 1.17 bits per heavy atom. The highest BCUT2D eigenvalue weighted by atomic mass is 19.4. The van der Waals surface area contributed by atoms with Crippen molar-refractivity contribution in [1.82, 2.24) is 14.4 Å². The number of nitrogens with zero attached hydrogens (tertiary/aromatic N) is 3. The van der Waals surface area contributed by atoms with E-state index in [4.69, 9.17) is 4.74 Å². The molecule has 4 rings (SSSR count). The summed E-state index contributed by atoms with van der Waals surface area (Å²) in [6, 6.07) is 9.39. The van der Waals surface area contributed by atoms with Gasteiger partial charge in [-0.05, 0) is 49.2 Å². The SMILES string of the molecule is COc1ccc2c(c1)c(NC(C)c1cccc(C(F)(F)F)c1C)nc1nccn12. The molecule has 2 heterocycles. The molecule has 0 spiro atoms. The third kappa shape index (κ3) is 3.35. The molecule has 0 bridgehead atoms. The van der Waals surface area contributed by atoms with E-state index in [0.29, 0.717) is 22.9 Å². The Hall–Kier alpha value is -3.29. The Morgan fingerprint density at radius 3 is 2.69 bits per heavy atom. The predicted molar refractivity (Wildman–Crippen MR) is 105 cm³/mol. The van der Waals surface area contributed by atoms with Crippen LogP contribution in [0.4, 0.5) is 19.0 Å². The van der Waals surface area contributed by atoms with Gasteiger partial charge in [-0.1, -0.05) is 12.1 Å². The Kier molecular flexibility index (Phi) is 4.56. The Balaban J connectivity index is 1.81. The van der Waals surface area contributed by atoms with E-state index in [1.807, 2.05) is 29.5 Å². The molecule has 0 amide bonds. The van der Waals surface area contributed by atoms with Crippen LogP contribution in [-0.2, 0) is 6.18 Å². The van der Waals surface area contributed by atoms with E-state index in [9.17, 15) is 13.2 Å². The summed E-state index contributed by atoms with van der Waals surface area (Å²) < 4.78 is 47.1. The molecule has 0 fully saturated rings. The molecular weight excluding hydrogens is 381 g/mol. The Bertz CT molecular complexity index is 1200. The van der Waals surface area contributed by atoms with Gasteiger partial charge in [0.15, 0.2) is 0 Å². The lowest BCUT2D eigenvalue weighted by Crippen LogP contribution is -2.14. The number of aromatic nitrogens is 3. The molecule has 8 heteroatoms. The molecule has 0 radical (unpaired) electrons. The van der Waals surface area contributed by atoms with Crippen LogP contribution in [0.15, 0.2) is 48.8 Å². The van der Waals surface area contributed by atoms with Gasteiger partial charge in [0.05, 0.1) is 24.2 Å². The van der Waals surface area contributed by atoms with Crippen molar-refractivity contribution in [3.8, 4) is 5.75 Å². The van der Waals surface area contributed by atoms with Gasteiger partial charge in [0.25, 0.3) is 0 Å². The molecule has 1 atom stereocenters. The molecule has 29 heavy (non-hydrogen) atoms. The van der Waals surface area contributed by atoms with Crippen molar-refractivity contribution in [2.75, 3.05) is 12.4 Å². The van der Waals surface area contributed by atoms with Crippen LogP contribution in [0.2, 0.25) is 0 Å². The van der Waals surface area contributed by atoms with E-state index in [1.54, 1.807) is 25.6 Å². The fraction of sp³-hybridized carbons (Fsp3) is 0.238. The van der Waals surface area contributed by atoms with Gasteiger partial charge in [0.1, 0.15) is 11.6 Å². The molecule has 2 aromatic heterocycles. The van der Waals surface area contributed by atoms with Gasteiger partial charge in [-0.3, -0.25) is 4.40 Å². The van der Waals surface area contributed by atoms with Crippen molar-refractivity contribution < 1.29 is 17.9 Å². The topological polar surface area (TPSA) is 51.5 Å². The molecular formula is C21H19F3N4O. The van der Waals surface area contributed by atoms with Crippen molar-refractivity contribution >= 4 is 22.5 Å². The number of imidazole rings is 1. The lowest BCUT2D eigenvalue weighted by Gasteiger charge is -2.21. The smallest absolute Gasteiger partial charge is 0.416 e. The molecule has 0 saturated carbocycles. The van der Waals surface area contributed by atoms with E-state index < -0.39 is 17.8 Å². The number of hydrogen-bond donors (Lipinski definition) is 1. The largest absolute Gasteiger partial charge is 0.497 e. The van der Waals surface area contributed by atoms with Crippen molar-refractivity contribution in [3.05, 3.63) is 65.5 Å². The molecule has 150 valence electrons. The van der Waals surface area contributed by atoms with Gasteiger partial charge in [-0.2, -0.15) is 18.2 Å². The number of methoxy groups -OCH3 is 1. The first-order chi connectivity index (χ1) is 13.8. The summed E-state index contributed by atoms with van der Waals surface area (Å²) >= 11 is 0. The van der Waals surface area contributed by atoms with Gasteiger partial charge < -0.3 is 10.1 Å². The molecule has 1 N–H and O–H groups in total. The third-order valence-corrected chi connectivity index (χ3v) is 5.05. The lowest BCUT2D eigenvalue weighted by molar-refractivity contribution is -0.138. The maximum Gasteiger partial charge on any atom is 0.416 e. The number of ether oxygens (including phenoxy) is 1. The zero-order valence-corrected chi connectivity index (χ0v) is 16.1. The fourth-order valence-electron chi connectivity index (χ4n) is 3.59. The number of rotatable bonds is 4. The standard InChI is InChI=1S/C21H19F3N4O/c1-12-15(5-4-6-17(12)21(22,23)24)13(2)26-19-16-11-14(29-3)7-8-18(16)28-10-9-25-20(28)27-19/h4-11,13H,1-3H3,(H,25,26,27). The monoisotopic (exact) mass is 400 g/mol. The van der Waals surface area contributed by atoms with Crippen LogP contribution >= 0.6 is 0 Å². The molecule has 0 saturated heterocycles. The van der Waals surface area contributed by atoms with Gasteiger partial charge in [-0.25, -0.2) is 4.98 Å². The Labute approximate surface area is 165 Å². The van der Waals surface area contributed by atoms with Crippen LogP contribution in [0.5, 0.6) is 5.75 Å². The summed E-state index contributed by atoms with van der Waals surface area (Å²) in [7, 11) is 1.58. The Morgan fingerprint density at radius 2 is 1.97 bits per heavy atom. The molecule has 0 aliphatic heterocycles. The normalized spacial score (nSPS) is 13.0. The summed E-state index contributed by atoms with van der Waals surface area (Å²) in [5.74, 6) is 1.68. The van der Waals surface area contributed by atoms with Crippen molar-refractivity contribution in [1.29, 1.82) is 0 Å². The van der Waals surface area contributed by atoms with Gasteiger partial charge in [0, 0.05) is 17.8 Å². The highest BCUT2D eigenvalue weighted by Gasteiger charge is 2.33. The molecule has 0 aliphatic carbocycles.